The number of hydrogen-bond donors (Lipinski definition) is 1. The Morgan fingerprint density at radius 1 is 0.875 bits per heavy atom. The molecule has 0 fully saturated rings. The fourth-order valence-electron chi connectivity index (χ4n) is 2.83. The summed E-state index contributed by atoms with van der Waals surface area (Å²) in [6.45, 7) is 0. The molecule has 24 heavy (non-hydrogen) atoms. The molecular weight excluding hydrogens is 302 g/mol. The largest absolute Gasteiger partial charge is 0.365 e. The number of carbonyl (C=O) groups excluding carboxylic acids is 1. The van der Waals surface area contributed by atoms with Crippen molar-refractivity contribution in [2.45, 2.75) is 0 Å². The van der Waals surface area contributed by atoms with Crippen LogP contribution in [0.2, 0.25) is 0 Å². The van der Waals surface area contributed by atoms with Gasteiger partial charge in [-0.2, -0.15) is 0 Å². The van der Waals surface area contributed by atoms with Gasteiger partial charge in [0.15, 0.2) is 5.78 Å². The number of rotatable bonds is 2. The highest BCUT2D eigenvalue weighted by molar-refractivity contribution is 6.33. The summed E-state index contributed by atoms with van der Waals surface area (Å²) in [6, 6.07) is 17.0. The summed E-state index contributed by atoms with van der Waals surface area (Å²) < 4.78 is 4.96. The third-order valence-electron chi connectivity index (χ3n) is 4.02. The molecule has 1 aliphatic carbocycles. The Morgan fingerprint density at radius 3 is 2.46 bits per heavy atom. The Bertz CT molecular complexity index is 1040. The molecule has 1 aliphatic rings. The van der Waals surface area contributed by atoms with Gasteiger partial charge in [0.1, 0.15) is 0 Å². The van der Waals surface area contributed by atoms with Crippen molar-refractivity contribution in [3.63, 3.8) is 0 Å². The summed E-state index contributed by atoms with van der Waals surface area (Å²) in [4.78, 5) is 24.5. The van der Waals surface area contributed by atoms with Crippen LogP contribution < -0.4 is 5.63 Å². The van der Waals surface area contributed by atoms with Gasteiger partial charge < -0.3 is 4.52 Å². The lowest BCUT2D eigenvalue weighted by molar-refractivity contribution is -0.109. The molecule has 1 aromatic heterocycles. The first-order chi connectivity index (χ1) is 11.7. The first-order valence-corrected chi connectivity index (χ1v) is 7.54. The summed E-state index contributed by atoms with van der Waals surface area (Å²) in [5.74, 6) is -0.131. The van der Waals surface area contributed by atoms with Crippen LogP contribution in [-0.2, 0) is 4.79 Å². The second kappa shape index (κ2) is 5.66. The normalized spacial score (nSPS) is 14.8. The van der Waals surface area contributed by atoms with Crippen molar-refractivity contribution in [2.24, 2.45) is 0 Å². The topological polar surface area (TPSA) is 63.1 Å². The fraction of sp³-hybridized carbons (Fsp3) is 0. The smallest absolute Gasteiger partial charge is 0.338 e. The first kappa shape index (κ1) is 14.2. The second-order valence-corrected chi connectivity index (χ2v) is 5.49. The minimum Gasteiger partial charge on any atom is -0.338 e. The molecule has 1 heterocycles. The lowest BCUT2D eigenvalue weighted by Gasteiger charge is -2.12. The van der Waals surface area contributed by atoms with Gasteiger partial charge in [0.2, 0.25) is 0 Å². The monoisotopic (exact) mass is 315 g/mol. The number of fused-ring (bicyclic) bond motifs is 1. The lowest BCUT2D eigenvalue weighted by atomic mass is 9.90. The first-order valence-electron chi connectivity index (χ1n) is 7.54. The second-order valence-electron chi connectivity index (χ2n) is 5.49. The van der Waals surface area contributed by atoms with Gasteiger partial charge in [-0.25, -0.2) is 9.95 Å². The summed E-state index contributed by atoms with van der Waals surface area (Å²) in [5, 5.41) is 2.66. The van der Waals surface area contributed by atoms with Crippen LogP contribution in [0.3, 0.4) is 0 Å². The van der Waals surface area contributed by atoms with E-state index in [0.29, 0.717) is 16.8 Å². The van der Waals surface area contributed by atoms with Crippen molar-refractivity contribution in [3.05, 3.63) is 87.8 Å². The molecule has 0 saturated carbocycles. The zero-order chi connectivity index (χ0) is 16.5. The van der Waals surface area contributed by atoms with Crippen LogP contribution in [0.4, 0.5) is 0 Å². The molecule has 0 amide bonds. The van der Waals surface area contributed by atoms with Gasteiger partial charge in [-0.15, -0.1) is 0 Å². The Kier molecular flexibility index (Phi) is 3.35. The molecule has 3 aromatic rings. The summed E-state index contributed by atoms with van der Waals surface area (Å²) in [6.07, 6.45) is 4.91. The van der Waals surface area contributed by atoms with Crippen LogP contribution in [0, 0.1) is 0 Å². The van der Waals surface area contributed by atoms with E-state index < -0.39 is 5.63 Å². The zero-order valence-electron chi connectivity index (χ0n) is 12.7. The van der Waals surface area contributed by atoms with E-state index >= 15 is 0 Å². The number of nitrogens with one attached hydrogen (secondary N) is 1. The number of H-pyrrole nitrogens is 1. The van der Waals surface area contributed by atoms with Gasteiger partial charge in [-0.1, -0.05) is 60.7 Å². The zero-order valence-corrected chi connectivity index (χ0v) is 12.7. The van der Waals surface area contributed by atoms with Crippen LogP contribution in [-0.4, -0.2) is 10.9 Å². The van der Waals surface area contributed by atoms with Crippen LogP contribution in [0.1, 0.15) is 16.7 Å². The Morgan fingerprint density at radius 2 is 1.62 bits per heavy atom. The van der Waals surface area contributed by atoms with Gasteiger partial charge in [-0.05, 0) is 23.3 Å². The average Bonchev–Trinajstić information content (AvgIpc) is 2.99. The van der Waals surface area contributed by atoms with Crippen LogP contribution >= 0.6 is 0 Å². The van der Waals surface area contributed by atoms with Crippen LogP contribution in [0.15, 0.2) is 70.0 Å². The van der Waals surface area contributed by atoms with Gasteiger partial charge >= 0.3 is 5.63 Å². The Labute approximate surface area is 137 Å². The minimum atomic E-state index is -0.499. The quantitative estimate of drug-likeness (QED) is 0.732. The highest BCUT2D eigenvalue weighted by atomic mass is 16.5. The van der Waals surface area contributed by atoms with Crippen LogP contribution in [0.25, 0.3) is 29.0 Å². The number of hydrogen-bond acceptors (Lipinski definition) is 3. The lowest BCUT2D eigenvalue weighted by Crippen LogP contribution is -2.06. The van der Waals surface area contributed by atoms with Gasteiger partial charge in [-0.3, -0.25) is 4.79 Å². The SMILES string of the molecule is O=C1C=Cc2ccccc2C1=Cc1c(-c2ccccc2)[nH]oc1=O. The van der Waals surface area contributed by atoms with E-state index in [-0.39, 0.29) is 5.78 Å². The molecule has 0 radical (unpaired) electrons. The molecule has 4 nitrogen and oxygen atoms in total. The molecule has 2 aromatic carbocycles. The van der Waals surface area contributed by atoms with E-state index in [1.54, 1.807) is 12.2 Å². The molecule has 0 unspecified atom stereocenters. The van der Waals surface area contributed by atoms with Crippen LogP contribution in [0.5, 0.6) is 0 Å². The standard InChI is InChI=1S/C20H13NO3/c22-18-11-10-13-6-4-5-9-15(13)16(18)12-17-19(21-24-20(17)23)14-7-2-1-3-8-14/h1-12,21H. The average molecular weight is 315 g/mol. The van der Waals surface area contributed by atoms with E-state index in [0.717, 1.165) is 16.7 Å². The maximum atomic E-state index is 12.3. The number of aromatic amines is 1. The highest BCUT2D eigenvalue weighted by Gasteiger charge is 2.20. The summed E-state index contributed by atoms with van der Waals surface area (Å²) in [7, 11) is 0. The molecular formula is C20H13NO3. The van der Waals surface area contributed by atoms with Crippen molar-refractivity contribution in [1.29, 1.82) is 0 Å². The van der Waals surface area contributed by atoms with Gasteiger partial charge in [0.05, 0.1) is 11.3 Å². The Hall–Kier alpha value is -3.40. The van der Waals surface area contributed by atoms with E-state index in [1.807, 2.05) is 54.6 Å². The number of carbonyl (C=O) groups is 1. The predicted octanol–water partition coefficient (Wildman–Crippen LogP) is 3.77. The van der Waals surface area contributed by atoms with E-state index in [2.05, 4.69) is 5.16 Å². The number of benzene rings is 2. The molecule has 0 saturated heterocycles. The summed E-state index contributed by atoms with van der Waals surface area (Å²) in [5.41, 5.74) is 3.47. The molecule has 0 spiro atoms. The van der Waals surface area contributed by atoms with E-state index in [4.69, 9.17) is 4.52 Å². The molecule has 116 valence electrons. The maximum Gasteiger partial charge on any atom is 0.365 e. The van der Waals surface area contributed by atoms with Gasteiger partial charge in [0.25, 0.3) is 0 Å². The molecule has 4 heteroatoms. The number of aromatic nitrogens is 1. The van der Waals surface area contributed by atoms with Crippen molar-refractivity contribution < 1.29 is 9.32 Å². The molecule has 4 rings (SSSR count). The third-order valence-corrected chi connectivity index (χ3v) is 4.02. The maximum absolute atomic E-state index is 12.3. The molecule has 0 atom stereocenters. The minimum absolute atomic E-state index is 0.131. The van der Waals surface area contributed by atoms with E-state index in [1.165, 1.54) is 6.08 Å². The molecule has 0 bridgehead atoms. The summed E-state index contributed by atoms with van der Waals surface area (Å²) >= 11 is 0. The van der Waals surface area contributed by atoms with Crippen molar-refractivity contribution in [3.8, 4) is 11.3 Å². The fourth-order valence-corrected chi connectivity index (χ4v) is 2.83. The Balaban J connectivity index is 1.91. The molecule has 0 aliphatic heterocycles. The highest BCUT2D eigenvalue weighted by Crippen LogP contribution is 2.30. The van der Waals surface area contributed by atoms with Crippen molar-refractivity contribution >= 4 is 23.5 Å². The molecule has 1 N–H and O–H groups in total. The van der Waals surface area contributed by atoms with Crippen molar-refractivity contribution in [1.82, 2.24) is 5.16 Å². The van der Waals surface area contributed by atoms with E-state index in [9.17, 15) is 9.59 Å². The predicted molar refractivity (Wildman–Crippen MR) is 93.1 cm³/mol. The van der Waals surface area contributed by atoms with Gasteiger partial charge in [0, 0.05) is 11.1 Å². The third kappa shape index (κ3) is 2.34. The van der Waals surface area contributed by atoms with Crippen molar-refractivity contribution in [2.75, 3.05) is 0 Å². The number of ketones is 1. The number of allylic oxidation sites excluding steroid dienone is 2.